The van der Waals surface area contributed by atoms with Crippen LogP contribution in [0.3, 0.4) is 0 Å². The van der Waals surface area contributed by atoms with E-state index in [-0.39, 0.29) is 11.3 Å². The van der Waals surface area contributed by atoms with Gasteiger partial charge in [0.25, 0.3) is 0 Å². The lowest BCUT2D eigenvalue weighted by molar-refractivity contribution is 0.314. The first-order chi connectivity index (χ1) is 15.1. The Kier molecular flexibility index (Phi) is 8.87. The minimum absolute atomic E-state index is 0.0435. The van der Waals surface area contributed by atoms with E-state index >= 15 is 0 Å². The smallest absolute Gasteiger partial charge is 0.201 e. The maximum atomic E-state index is 14.4. The lowest BCUT2D eigenvalue weighted by Crippen LogP contribution is -2.11. The predicted molar refractivity (Wildman–Crippen MR) is 125 cm³/mol. The number of ether oxygens (including phenoxy) is 1. The van der Waals surface area contributed by atoms with Crippen molar-refractivity contribution in [3.8, 4) is 16.9 Å². The molecular formula is C28H34F2O. The number of hydrogen-bond acceptors (Lipinski definition) is 1. The third-order valence-electron chi connectivity index (χ3n) is 6.08. The molecule has 0 saturated heterocycles. The Hall–Kier alpha value is -2.42. The average Bonchev–Trinajstić information content (AvgIpc) is 2.80. The quantitative estimate of drug-likeness (QED) is 0.368. The van der Waals surface area contributed by atoms with Gasteiger partial charge in [-0.05, 0) is 87.0 Å². The van der Waals surface area contributed by atoms with Crippen LogP contribution in [0.5, 0.6) is 5.75 Å². The highest BCUT2D eigenvalue weighted by molar-refractivity contribution is 5.65. The van der Waals surface area contributed by atoms with E-state index < -0.39 is 11.6 Å². The number of allylic oxidation sites excluding steroid dienone is 4. The topological polar surface area (TPSA) is 9.23 Å². The van der Waals surface area contributed by atoms with Crippen LogP contribution in [0.4, 0.5) is 8.78 Å². The van der Waals surface area contributed by atoms with Gasteiger partial charge in [-0.1, -0.05) is 55.5 Å². The summed E-state index contributed by atoms with van der Waals surface area (Å²) in [7, 11) is 0. The standard InChI is InChI=1S/C28H34F2O/c1-3-5-8-21-11-13-22(14-12-21)9-6-7-10-23-15-17-24(18-16-23)25-19-20-26(31-4-2)28(30)27(25)29/h5-6,8-9,15-22H,3-4,7,10-14H2,1-2H3/b8-5+,9-6+. The Morgan fingerprint density at radius 1 is 0.839 bits per heavy atom. The van der Waals surface area contributed by atoms with Gasteiger partial charge < -0.3 is 4.74 Å². The monoisotopic (exact) mass is 424 g/mol. The van der Waals surface area contributed by atoms with Crippen LogP contribution in [0.2, 0.25) is 0 Å². The molecule has 0 spiro atoms. The van der Waals surface area contributed by atoms with Crippen molar-refractivity contribution in [1.29, 1.82) is 0 Å². The van der Waals surface area contributed by atoms with Gasteiger partial charge in [0, 0.05) is 5.56 Å². The van der Waals surface area contributed by atoms with Gasteiger partial charge in [-0.25, -0.2) is 4.39 Å². The van der Waals surface area contributed by atoms with Crippen LogP contribution < -0.4 is 4.74 Å². The van der Waals surface area contributed by atoms with Crippen LogP contribution in [0.25, 0.3) is 11.1 Å². The van der Waals surface area contributed by atoms with Crippen molar-refractivity contribution in [2.75, 3.05) is 6.61 Å². The zero-order valence-corrected chi connectivity index (χ0v) is 18.7. The first-order valence-corrected chi connectivity index (χ1v) is 11.7. The van der Waals surface area contributed by atoms with Crippen molar-refractivity contribution in [2.45, 2.75) is 58.8 Å². The maximum Gasteiger partial charge on any atom is 0.201 e. The molecule has 1 aliphatic rings. The zero-order chi connectivity index (χ0) is 22.1. The van der Waals surface area contributed by atoms with Crippen molar-refractivity contribution in [3.05, 3.63) is 77.9 Å². The molecule has 2 aromatic rings. The van der Waals surface area contributed by atoms with Gasteiger partial charge in [0.05, 0.1) is 6.61 Å². The summed E-state index contributed by atoms with van der Waals surface area (Å²) in [6.45, 7) is 4.24. The summed E-state index contributed by atoms with van der Waals surface area (Å²) in [5.41, 5.74) is 2.14. The highest BCUT2D eigenvalue weighted by Gasteiger charge is 2.17. The predicted octanol–water partition coefficient (Wildman–Crippen LogP) is 8.29. The van der Waals surface area contributed by atoms with Crippen LogP contribution >= 0.6 is 0 Å². The summed E-state index contributed by atoms with van der Waals surface area (Å²) in [5, 5.41) is 0. The number of aryl methyl sites for hydroxylation is 1. The molecule has 0 unspecified atom stereocenters. The molecule has 0 heterocycles. The van der Waals surface area contributed by atoms with Gasteiger partial charge in [0.2, 0.25) is 5.82 Å². The molecule has 0 bridgehead atoms. The molecule has 3 rings (SSSR count). The SMILES string of the molecule is CC/C=C/C1CCC(/C=C/CCc2ccc(-c3ccc(OCC)c(F)c3F)cc2)CC1. The van der Waals surface area contributed by atoms with E-state index in [4.69, 9.17) is 4.74 Å². The van der Waals surface area contributed by atoms with Gasteiger partial charge in [-0.2, -0.15) is 4.39 Å². The van der Waals surface area contributed by atoms with E-state index in [1.165, 1.54) is 37.3 Å². The van der Waals surface area contributed by atoms with E-state index in [0.29, 0.717) is 18.1 Å². The second-order valence-corrected chi connectivity index (χ2v) is 8.35. The van der Waals surface area contributed by atoms with Crippen molar-refractivity contribution < 1.29 is 13.5 Å². The number of hydrogen-bond donors (Lipinski definition) is 0. The molecule has 0 aliphatic heterocycles. The van der Waals surface area contributed by atoms with E-state index in [9.17, 15) is 8.78 Å². The molecule has 0 amide bonds. The van der Waals surface area contributed by atoms with E-state index in [0.717, 1.165) is 25.2 Å². The fraction of sp³-hybridized carbons (Fsp3) is 0.429. The third kappa shape index (κ3) is 6.53. The molecule has 0 atom stereocenters. The Morgan fingerprint density at radius 3 is 2.10 bits per heavy atom. The van der Waals surface area contributed by atoms with Gasteiger partial charge in [-0.3, -0.25) is 0 Å². The molecule has 0 radical (unpaired) electrons. The van der Waals surface area contributed by atoms with Gasteiger partial charge >= 0.3 is 0 Å². The highest BCUT2D eigenvalue weighted by atomic mass is 19.2. The first kappa shape index (κ1) is 23.2. The molecule has 1 nitrogen and oxygen atoms in total. The van der Waals surface area contributed by atoms with Gasteiger partial charge in [0.15, 0.2) is 11.6 Å². The molecule has 0 N–H and O–H groups in total. The number of halogens is 2. The maximum absolute atomic E-state index is 14.4. The third-order valence-corrected chi connectivity index (χ3v) is 6.08. The van der Waals surface area contributed by atoms with Crippen LogP contribution in [0.15, 0.2) is 60.7 Å². The normalized spacial score (nSPS) is 19.4. The van der Waals surface area contributed by atoms with E-state index in [1.807, 2.05) is 24.3 Å². The van der Waals surface area contributed by atoms with Gasteiger partial charge in [-0.15, -0.1) is 0 Å². The van der Waals surface area contributed by atoms with Crippen molar-refractivity contribution in [3.63, 3.8) is 0 Å². The summed E-state index contributed by atoms with van der Waals surface area (Å²) in [5.74, 6) is -0.341. The van der Waals surface area contributed by atoms with Crippen molar-refractivity contribution in [2.24, 2.45) is 11.8 Å². The molecule has 166 valence electrons. The fourth-order valence-electron chi connectivity index (χ4n) is 4.27. The van der Waals surface area contributed by atoms with Crippen LogP contribution in [0.1, 0.15) is 57.9 Å². The Balaban J connectivity index is 1.50. The Bertz CT molecular complexity index is 875. The Labute approximate surface area is 185 Å². The summed E-state index contributed by atoms with van der Waals surface area (Å²) >= 11 is 0. The number of benzene rings is 2. The van der Waals surface area contributed by atoms with Crippen LogP contribution in [-0.4, -0.2) is 6.61 Å². The summed E-state index contributed by atoms with van der Waals surface area (Å²) in [6, 6.07) is 10.8. The molecule has 3 heteroatoms. The minimum atomic E-state index is -0.927. The molecule has 0 aromatic heterocycles. The van der Waals surface area contributed by atoms with Gasteiger partial charge in [0.1, 0.15) is 0 Å². The minimum Gasteiger partial charge on any atom is -0.491 e. The molecule has 1 saturated carbocycles. The average molecular weight is 425 g/mol. The first-order valence-electron chi connectivity index (χ1n) is 11.7. The second kappa shape index (κ2) is 11.8. The molecule has 1 fully saturated rings. The van der Waals surface area contributed by atoms with Crippen molar-refractivity contribution >= 4 is 0 Å². The summed E-state index contributed by atoms with van der Waals surface area (Å²) < 4.78 is 33.7. The van der Waals surface area contributed by atoms with E-state index in [1.54, 1.807) is 13.0 Å². The van der Waals surface area contributed by atoms with Crippen molar-refractivity contribution in [1.82, 2.24) is 0 Å². The molecule has 1 aliphatic carbocycles. The summed E-state index contributed by atoms with van der Waals surface area (Å²) in [4.78, 5) is 0. The molecule has 2 aromatic carbocycles. The fourth-order valence-corrected chi connectivity index (χ4v) is 4.27. The second-order valence-electron chi connectivity index (χ2n) is 8.35. The van der Waals surface area contributed by atoms with E-state index in [2.05, 4.69) is 31.2 Å². The Morgan fingerprint density at radius 2 is 1.48 bits per heavy atom. The zero-order valence-electron chi connectivity index (χ0n) is 18.7. The van der Waals surface area contributed by atoms with Crippen LogP contribution in [0, 0.1) is 23.5 Å². The summed E-state index contributed by atoms with van der Waals surface area (Å²) in [6.07, 6.45) is 17.7. The lowest BCUT2D eigenvalue weighted by atomic mass is 9.81. The van der Waals surface area contributed by atoms with Crippen LogP contribution in [-0.2, 0) is 6.42 Å². The largest absolute Gasteiger partial charge is 0.491 e. The molecular weight excluding hydrogens is 390 g/mol. The highest BCUT2D eigenvalue weighted by Crippen LogP contribution is 2.31. The molecule has 31 heavy (non-hydrogen) atoms. The lowest BCUT2D eigenvalue weighted by Gasteiger charge is -2.24. The number of rotatable bonds is 9.